The molecule has 18 heavy (non-hydrogen) atoms. The highest BCUT2D eigenvalue weighted by Crippen LogP contribution is 2.17. The molecule has 0 aliphatic heterocycles. The maximum absolute atomic E-state index is 12.8. The third kappa shape index (κ3) is 4.08. The van der Waals surface area contributed by atoms with Gasteiger partial charge in [0, 0.05) is 17.4 Å². The molecule has 0 bridgehead atoms. The first kappa shape index (κ1) is 14.6. The van der Waals surface area contributed by atoms with Crippen LogP contribution in [0, 0.1) is 5.82 Å². The number of carbonyl (C=O) groups excluding carboxylic acids is 1. The zero-order valence-electron chi connectivity index (χ0n) is 9.19. The minimum absolute atomic E-state index is 0.0100. The smallest absolute Gasteiger partial charge is 0.332 e. The highest BCUT2D eigenvalue weighted by molar-refractivity contribution is 9.10. The number of aliphatic hydroxyl groups excluding tert-OH is 1. The van der Waals surface area contributed by atoms with Gasteiger partial charge < -0.3 is 15.5 Å². The minimum Gasteiger partial charge on any atom is -0.479 e. The number of aliphatic hydroxyl groups is 1. The van der Waals surface area contributed by atoms with Gasteiger partial charge in [0.25, 0.3) is 5.91 Å². The van der Waals surface area contributed by atoms with E-state index in [4.69, 9.17) is 10.2 Å². The molecule has 98 valence electrons. The van der Waals surface area contributed by atoms with Crippen LogP contribution in [0.2, 0.25) is 0 Å². The van der Waals surface area contributed by atoms with Crippen LogP contribution in [-0.4, -0.2) is 34.7 Å². The van der Waals surface area contributed by atoms with Crippen LogP contribution in [0.15, 0.2) is 22.7 Å². The van der Waals surface area contributed by atoms with Crippen LogP contribution in [0.4, 0.5) is 4.39 Å². The number of aliphatic carboxylic acids is 1. The first-order valence-electron chi connectivity index (χ1n) is 5.06. The van der Waals surface area contributed by atoms with Crippen LogP contribution in [0.5, 0.6) is 0 Å². The summed E-state index contributed by atoms with van der Waals surface area (Å²) in [5.41, 5.74) is 0.237. The van der Waals surface area contributed by atoms with E-state index in [9.17, 15) is 14.0 Å². The molecule has 0 saturated heterocycles. The van der Waals surface area contributed by atoms with Gasteiger partial charge in [-0.3, -0.25) is 4.79 Å². The quantitative estimate of drug-likeness (QED) is 0.760. The highest BCUT2D eigenvalue weighted by atomic mass is 79.9. The maximum atomic E-state index is 12.8. The summed E-state index contributed by atoms with van der Waals surface area (Å²) in [4.78, 5) is 22.0. The molecule has 0 aliphatic rings. The molecular weight excluding hydrogens is 309 g/mol. The number of hydrogen-bond donors (Lipinski definition) is 3. The average Bonchev–Trinajstić information content (AvgIpc) is 2.28. The van der Waals surface area contributed by atoms with Crippen molar-refractivity contribution in [1.29, 1.82) is 0 Å². The Labute approximate surface area is 111 Å². The molecule has 1 aromatic rings. The van der Waals surface area contributed by atoms with Gasteiger partial charge in [-0.25, -0.2) is 9.18 Å². The fourth-order valence-electron chi connectivity index (χ4n) is 1.21. The molecule has 3 N–H and O–H groups in total. The predicted octanol–water partition coefficient (Wildman–Crippen LogP) is 1.15. The van der Waals surface area contributed by atoms with Gasteiger partial charge in [-0.1, -0.05) is 0 Å². The Morgan fingerprint density at radius 2 is 2.11 bits per heavy atom. The molecule has 0 heterocycles. The van der Waals surface area contributed by atoms with Gasteiger partial charge in [0.1, 0.15) is 5.82 Å². The Bertz CT molecular complexity index is 466. The van der Waals surface area contributed by atoms with Crippen molar-refractivity contribution >= 4 is 27.8 Å². The molecule has 0 spiro atoms. The summed E-state index contributed by atoms with van der Waals surface area (Å²) in [5.74, 6) is -2.29. The molecule has 0 unspecified atom stereocenters. The van der Waals surface area contributed by atoms with Crippen molar-refractivity contribution in [3.63, 3.8) is 0 Å². The molecule has 1 aromatic carbocycles. The lowest BCUT2D eigenvalue weighted by Gasteiger charge is -2.08. The molecule has 0 aliphatic carbocycles. The molecule has 1 rings (SSSR count). The summed E-state index contributed by atoms with van der Waals surface area (Å²) in [6, 6.07) is 3.61. The van der Waals surface area contributed by atoms with Crippen molar-refractivity contribution in [1.82, 2.24) is 5.32 Å². The minimum atomic E-state index is -1.51. The third-order valence-corrected chi connectivity index (χ3v) is 2.82. The molecule has 0 saturated carbocycles. The standard InChI is InChI=1S/C11H11BrFNO4/c12-8-5-6(13)1-2-7(8)10(16)14-4-3-9(15)11(17)18/h1-2,5,9,15H,3-4H2,(H,14,16)(H,17,18)/t9-/m0/s1. The number of carboxylic acid groups (broad SMARTS) is 1. The molecular formula is C11H11BrFNO4. The summed E-state index contributed by atoms with van der Waals surface area (Å²) in [6.45, 7) is 0.0100. The molecule has 0 radical (unpaired) electrons. The lowest BCUT2D eigenvalue weighted by molar-refractivity contribution is -0.146. The number of amides is 1. The van der Waals surface area contributed by atoms with Crippen LogP contribution in [0.1, 0.15) is 16.8 Å². The van der Waals surface area contributed by atoms with E-state index < -0.39 is 23.8 Å². The van der Waals surface area contributed by atoms with Gasteiger partial charge in [0.2, 0.25) is 0 Å². The summed E-state index contributed by atoms with van der Waals surface area (Å²) < 4.78 is 13.1. The molecule has 7 heteroatoms. The van der Waals surface area contributed by atoms with Crippen LogP contribution in [0.3, 0.4) is 0 Å². The fraction of sp³-hybridized carbons (Fsp3) is 0.273. The number of halogens is 2. The van der Waals surface area contributed by atoms with Crippen molar-refractivity contribution in [2.45, 2.75) is 12.5 Å². The fourth-order valence-corrected chi connectivity index (χ4v) is 1.75. The van der Waals surface area contributed by atoms with Gasteiger partial charge in [-0.2, -0.15) is 0 Å². The van der Waals surface area contributed by atoms with Gasteiger partial charge >= 0.3 is 5.97 Å². The number of nitrogens with one attached hydrogen (secondary N) is 1. The molecule has 5 nitrogen and oxygen atoms in total. The van der Waals surface area contributed by atoms with E-state index in [1.165, 1.54) is 6.07 Å². The number of rotatable bonds is 5. The Morgan fingerprint density at radius 1 is 1.44 bits per heavy atom. The van der Waals surface area contributed by atoms with E-state index in [-0.39, 0.29) is 18.5 Å². The zero-order chi connectivity index (χ0) is 13.7. The summed E-state index contributed by atoms with van der Waals surface area (Å²) in [5, 5.41) is 19.8. The van der Waals surface area contributed by atoms with Crippen LogP contribution >= 0.6 is 15.9 Å². The van der Waals surface area contributed by atoms with Gasteiger partial charge in [0.05, 0.1) is 5.56 Å². The van der Waals surface area contributed by atoms with E-state index >= 15 is 0 Å². The second kappa shape index (κ2) is 6.46. The maximum Gasteiger partial charge on any atom is 0.332 e. The summed E-state index contributed by atoms with van der Waals surface area (Å²) >= 11 is 3.05. The van der Waals surface area contributed by atoms with E-state index in [1.54, 1.807) is 0 Å². The third-order valence-electron chi connectivity index (χ3n) is 2.16. The Hall–Kier alpha value is -1.47. The second-order valence-corrected chi connectivity index (χ2v) is 4.38. The first-order chi connectivity index (χ1) is 8.41. The Morgan fingerprint density at radius 3 is 2.67 bits per heavy atom. The molecule has 1 atom stereocenters. The van der Waals surface area contributed by atoms with E-state index in [1.807, 2.05) is 0 Å². The van der Waals surface area contributed by atoms with Crippen LogP contribution < -0.4 is 5.32 Å². The van der Waals surface area contributed by atoms with Crippen molar-refractivity contribution in [2.24, 2.45) is 0 Å². The largest absolute Gasteiger partial charge is 0.479 e. The van der Waals surface area contributed by atoms with Gasteiger partial charge in [-0.05, 0) is 34.1 Å². The zero-order valence-corrected chi connectivity index (χ0v) is 10.8. The Kier molecular flexibility index (Phi) is 5.24. The summed E-state index contributed by atoms with van der Waals surface area (Å²) in [7, 11) is 0. The number of hydrogen-bond acceptors (Lipinski definition) is 3. The number of carboxylic acids is 1. The monoisotopic (exact) mass is 319 g/mol. The predicted molar refractivity (Wildman–Crippen MR) is 64.7 cm³/mol. The molecule has 0 fully saturated rings. The average molecular weight is 320 g/mol. The van der Waals surface area contributed by atoms with Gasteiger partial charge in [0.15, 0.2) is 6.10 Å². The summed E-state index contributed by atoms with van der Waals surface area (Å²) in [6.07, 6.45) is -1.61. The van der Waals surface area contributed by atoms with Crippen LogP contribution in [-0.2, 0) is 4.79 Å². The SMILES string of the molecule is O=C(NCC[C@H](O)C(=O)O)c1ccc(F)cc1Br. The van der Waals surface area contributed by atoms with Crippen molar-refractivity contribution in [3.05, 3.63) is 34.1 Å². The normalized spacial score (nSPS) is 11.9. The van der Waals surface area contributed by atoms with Crippen molar-refractivity contribution in [3.8, 4) is 0 Å². The Balaban J connectivity index is 2.53. The topological polar surface area (TPSA) is 86.6 Å². The lowest BCUT2D eigenvalue weighted by atomic mass is 10.2. The van der Waals surface area contributed by atoms with E-state index in [2.05, 4.69) is 21.2 Å². The highest BCUT2D eigenvalue weighted by Gasteiger charge is 2.14. The van der Waals surface area contributed by atoms with Crippen molar-refractivity contribution < 1.29 is 24.2 Å². The van der Waals surface area contributed by atoms with Gasteiger partial charge in [-0.15, -0.1) is 0 Å². The van der Waals surface area contributed by atoms with Crippen LogP contribution in [0.25, 0.3) is 0 Å². The lowest BCUT2D eigenvalue weighted by Crippen LogP contribution is -2.30. The molecule has 0 aromatic heterocycles. The van der Waals surface area contributed by atoms with E-state index in [0.29, 0.717) is 4.47 Å². The second-order valence-electron chi connectivity index (χ2n) is 3.52. The first-order valence-corrected chi connectivity index (χ1v) is 5.85. The number of benzene rings is 1. The molecule has 1 amide bonds. The van der Waals surface area contributed by atoms with E-state index in [0.717, 1.165) is 12.1 Å². The number of carbonyl (C=O) groups is 2. The van der Waals surface area contributed by atoms with Crippen molar-refractivity contribution in [2.75, 3.05) is 6.54 Å².